The fourth-order valence-electron chi connectivity index (χ4n) is 2.80. The Bertz CT molecular complexity index is 561. The van der Waals surface area contributed by atoms with Gasteiger partial charge in [-0.25, -0.2) is 0 Å². The maximum Gasteiger partial charge on any atom is 0.245 e. The molecule has 0 aromatic heterocycles. The summed E-state index contributed by atoms with van der Waals surface area (Å²) in [5.41, 5.74) is 0.527. The first kappa shape index (κ1) is 14.6. The molecule has 0 atom stereocenters. The minimum atomic E-state index is -0.917. The Labute approximate surface area is 120 Å². The number of likely N-dealkylation sites (N-methyl/N-ethyl adjacent to an activating group) is 1. The van der Waals surface area contributed by atoms with Crippen LogP contribution in [0.15, 0.2) is 24.3 Å². The van der Waals surface area contributed by atoms with E-state index in [9.17, 15) is 9.59 Å². The third-order valence-corrected chi connectivity index (χ3v) is 3.99. The molecule has 108 valence electrons. The second-order valence-corrected chi connectivity index (χ2v) is 6.47. The lowest BCUT2D eigenvalue weighted by Crippen LogP contribution is -2.61. The quantitative estimate of drug-likeness (QED) is 0.898. The van der Waals surface area contributed by atoms with Crippen LogP contribution in [-0.2, 0) is 16.0 Å². The van der Waals surface area contributed by atoms with Crippen LogP contribution in [-0.4, -0.2) is 24.4 Å². The number of nitrogens with one attached hydrogen (secondary N) is 1. The van der Waals surface area contributed by atoms with Crippen LogP contribution in [0.1, 0.15) is 33.3 Å². The molecule has 0 bridgehead atoms. The highest BCUT2D eigenvalue weighted by Crippen LogP contribution is 2.40. The van der Waals surface area contributed by atoms with Crippen LogP contribution in [0.2, 0.25) is 0 Å². The van der Waals surface area contributed by atoms with E-state index in [1.807, 2.05) is 38.1 Å². The van der Waals surface area contributed by atoms with Crippen LogP contribution in [0, 0.1) is 5.41 Å². The van der Waals surface area contributed by atoms with Gasteiger partial charge in [0.1, 0.15) is 5.54 Å². The van der Waals surface area contributed by atoms with Gasteiger partial charge in [0, 0.05) is 18.2 Å². The van der Waals surface area contributed by atoms with Crippen molar-refractivity contribution in [3.8, 4) is 0 Å². The molecule has 4 nitrogen and oxygen atoms in total. The van der Waals surface area contributed by atoms with Gasteiger partial charge in [-0.05, 0) is 31.9 Å². The highest BCUT2D eigenvalue weighted by molar-refractivity contribution is 6.07. The van der Waals surface area contributed by atoms with Crippen LogP contribution in [0.25, 0.3) is 0 Å². The van der Waals surface area contributed by atoms with Crippen LogP contribution < -0.4 is 10.2 Å². The SMILES string of the molecule is CNC(=O)C(C)(C)N1C(=O)C(C)(C)Cc2ccccc21. The number of hydrogen-bond donors (Lipinski definition) is 1. The summed E-state index contributed by atoms with van der Waals surface area (Å²) in [7, 11) is 1.59. The summed E-state index contributed by atoms with van der Waals surface area (Å²) in [6.45, 7) is 7.42. The van der Waals surface area contributed by atoms with Gasteiger partial charge in [-0.3, -0.25) is 14.5 Å². The summed E-state index contributed by atoms with van der Waals surface area (Å²) in [5, 5.41) is 2.65. The molecule has 20 heavy (non-hydrogen) atoms. The van der Waals surface area contributed by atoms with Gasteiger partial charge in [-0.15, -0.1) is 0 Å². The molecule has 1 aliphatic heterocycles. The third-order valence-electron chi connectivity index (χ3n) is 3.99. The molecule has 0 aliphatic carbocycles. The van der Waals surface area contributed by atoms with E-state index in [2.05, 4.69) is 5.32 Å². The van der Waals surface area contributed by atoms with Crippen molar-refractivity contribution in [2.24, 2.45) is 5.41 Å². The number of carbonyl (C=O) groups excluding carboxylic acids is 2. The summed E-state index contributed by atoms with van der Waals surface area (Å²) in [6.07, 6.45) is 0.697. The first-order chi connectivity index (χ1) is 9.21. The summed E-state index contributed by atoms with van der Waals surface area (Å²) in [5.74, 6) is -0.178. The van der Waals surface area contributed by atoms with E-state index in [-0.39, 0.29) is 11.8 Å². The second kappa shape index (κ2) is 4.62. The zero-order valence-electron chi connectivity index (χ0n) is 12.8. The van der Waals surface area contributed by atoms with Crippen molar-refractivity contribution in [3.63, 3.8) is 0 Å². The zero-order chi connectivity index (χ0) is 15.1. The summed E-state index contributed by atoms with van der Waals surface area (Å²) >= 11 is 0. The molecule has 4 heteroatoms. The number of anilines is 1. The highest BCUT2D eigenvalue weighted by atomic mass is 16.2. The lowest BCUT2D eigenvalue weighted by atomic mass is 9.78. The largest absolute Gasteiger partial charge is 0.357 e. The van der Waals surface area contributed by atoms with E-state index in [0.717, 1.165) is 11.3 Å². The number of benzene rings is 1. The topological polar surface area (TPSA) is 49.4 Å². The Morgan fingerprint density at radius 3 is 2.50 bits per heavy atom. The molecule has 0 radical (unpaired) electrons. The van der Waals surface area contributed by atoms with Gasteiger partial charge in [0.05, 0.1) is 0 Å². The van der Waals surface area contributed by atoms with E-state index < -0.39 is 11.0 Å². The van der Waals surface area contributed by atoms with Crippen LogP contribution in [0.5, 0.6) is 0 Å². The van der Waals surface area contributed by atoms with Gasteiger partial charge in [-0.1, -0.05) is 32.0 Å². The van der Waals surface area contributed by atoms with Crippen LogP contribution >= 0.6 is 0 Å². The first-order valence-corrected chi connectivity index (χ1v) is 6.86. The molecule has 0 saturated carbocycles. The summed E-state index contributed by atoms with van der Waals surface area (Å²) in [4.78, 5) is 26.7. The number of hydrogen-bond acceptors (Lipinski definition) is 2. The Morgan fingerprint density at radius 1 is 1.30 bits per heavy atom. The maximum absolute atomic E-state index is 12.8. The zero-order valence-corrected chi connectivity index (χ0v) is 12.8. The van der Waals surface area contributed by atoms with Crippen molar-refractivity contribution in [1.82, 2.24) is 5.32 Å². The van der Waals surface area contributed by atoms with Gasteiger partial charge < -0.3 is 5.32 Å². The number of fused-ring (bicyclic) bond motifs is 1. The summed E-state index contributed by atoms with van der Waals surface area (Å²) < 4.78 is 0. The van der Waals surface area contributed by atoms with Crippen molar-refractivity contribution < 1.29 is 9.59 Å². The van der Waals surface area contributed by atoms with Gasteiger partial charge in [0.25, 0.3) is 0 Å². The molecule has 0 unspecified atom stereocenters. The molecule has 1 aromatic rings. The predicted octanol–water partition coefficient (Wildman–Crippen LogP) is 2.13. The van der Waals surface area contributed by atoms with Crippen molar-refractivity contribution in [3.05, 3.63) is 29.8 Å². The fraction of sp³-hybridized carbons (Fsp3) is 0.500. The maximum atomic E-state index is 12.8. The summed E-state index contributed by atoms with van der Waals surface area (Å²) in [6, 6.07) is 7.80. The molecular formula is C16H22N2O2. The Kier molecular flexibility index (Phi) is 3.36. The number of nitrogens with zero attached hydrogens (tertiary/aromatic N) is 1. The predicted molar refractivity (Wildman–Crippen MR) is 79.6 cm³/mol. The van der Waals surface area contributed by atoms with Crippen molar-refractivity contribution in [2.45, 2.75) is 39.7 Å². The minimum Gasteiger partial charge on any atom is -0.357 e. The standard InChI is InChI=1S/C16H22N2O2/c1-15(2)10-11-8-6-7-9-12(11)18(14(15)20)16(3,4)13(19)17-5/h6-9H,10H2,1-5H3,(H,17,19). The molecule has 0 fully saturated rings. The van der Waals surface area contributed by atoms with Crippen LogP contribution in [0.4, 0.5) is 5.69 Å². The molecule has 1 aromatic carbocycles. The highest BCUT2D eigenvalue weighted by Gasteiger charge is 2.47. The van der Waals surface area contributed by atoms with Gasteiger partial charge >= 0.3 is 0 Å². The van der Waals surface area contributed by atoms with Crippen molar-refractivity contribution >= 4 is 17.5 Å². The van der Waals surface area contributed by atoms with E-state index in [1.165, 1.54) is 0 Å². The minimum absolute atomic E-state index is 0.00944. The Hall–Kier alpha value is -1.84. The van der Waals surface area contributed by atoms with Crippen molar-refractivity contribution in [2.75, 3.05) is 11.9 Å². The molecule has 2 rings (SSSR count). The molecule has 0 saturated heterocycles. The first-order valence-electron chi connectivity index (χ1n) is 6.86. The molecule has 1 N–H and O–H groups in total. The average molecular weight is 274 g/mol. The number of para-hydroxylation sites is 1. The van der Waals surface area contributed by atoms with Gasteiger partial charge in [-0.2, -0.15) is 0 Å². The second-order valence-electron chi connectivity index (χ2n) is 6.47. The molecule has 1 heterocycles. The number of rotatable bonds is 2. The van der Waals surface area contributed by atoms with E-state index in [0.29, 0.717) is 6.42 Å². The van der Waals surface area contributed by atoms with E-state index >= 15 is 0 Å². The molecule has 1 aliphatic rings. The van der Waals surface area contributed by atoms with Gasteiger partial charge in [0.2, 0.25) is 11.8 Å². The van der Waals surface area contributed by atoms with Crippen molar-refractivity contribution in [1.29, 1.82) is 0 Å². The monoisotopic (exact) mass is 274 g/mol. The lowest BCUT2D eigenvalue weighted by Gasteiger charge is -2.45. The number of carbonyl (C=O) groups is 2. The smallest absolute Gasteiger partial charge is 0.245 e. The number of amides is 2. The molecule has 2 amide bonds. The Balaban J connectivity index is 2.61. The molecular weight excluding hydrogens is 252 g/mol. The Morgan fingerprint density at radius 2 is 1.90 bits per heavy atom. The van der Waals surface area contributed by atoms with E-state index in [1.54, 1.807) is 25.8 Å². The normalized spacial score (nSPS) is 17.6. The van der Waals surface area contributed by atoms with E-state index in [4.69, 9.17) is 0 Å². The average Bonchev–Trinajstić information content (AvgIpc) is 2.38. The van der Waals surface area contributed by atoms with Gasteiger partial charge in [0.15, 0.2) is 0 Å². The third kappa shape index (κ3) is 2.09. The lowest BCUT2D eigenvalue weighted by molar-refractivity contribution is -0.133. The van der Waals surface area contributed by atoms with Crippen LogP contribution in [0.3, 0.4) is 0 Å². The fourth-order valence-corrected chi connectivity index (χ4v) is 2.80. The molecule has 0 spiro atoms.